The molecule has 2 heterocycles. The molecule has 1 aromatic heterocycles. The maximum Gasteiger partial charge on any atom is 0.316 e. The molecule has 2 amide bonds. The highest BCUT2D eigenvalue weighted by molar-refractivity contribution is 5.90. The van der Waals surface area contributed by atoms with Crippen molar-refractivity contribution in [1.82, 2.24) is 20.4 Å². The average Bonchev–Trinajstić information content (AvgIpc) is 3.02. The standard InChI is InChI=1S/C16H22F2N4O3/c1-10-20-11(25-21-10)12(23)22-9-16(17,18)7-15(22,3)8-19-13(24)14(2)5-4-6-14/h4-9H2,1-3H3,(H,19,24). The molecule has 1 unspecified atom stereocenters. The highest BCUT2D eigenvalue weighted by atomic mass is 19.3. The Kier molecular flexibility index (Phi) is 4.08. The minimum atomic E-state index is -3.04. The molecule has 0 spiro atoms. The molecule has 1 saturated heterocycles. The molecule has 2 fully saturated rings. The second-order valence-electron chi connectivity index (χ2n) is 7.66. The summed E-state index contributed by atoms with van der Waals surface area (Å²) in [5, 5.41) is 6.28. The molecule has 1 aromatic rings. The minimum Gasteiger partial charge on any atom is -0.353 e. The van der Waals surface area contributed by atoms with Crippen LogP contribution in [0.1, 0.15) is 56.0 Å². The van der Waals surface area contributed by atoms with Gasteiger partial charge in [-0.25, -0.2) is 8.78 Å². The summed E-state index contributed by atoms with van der Waals surface area (Å²) >= 11 is 0. The lowest BCUT2D eigenvalue weighted by Crippen LogP contribution is -2.55. The third-order valence-electron chi connectivity index (χ3n) is 5.27. The van der Waals surface area contributed by atoms with Gasteiger partial charge in [0.2, 0.25) is 5.91 Å². The van der Waals surface area contributed by atoms with E-state index in [4.69, 9.17) is 4.52 Å². The number of halogens is 2. The number of carbonyl (C=O) groups excluding carboxylic acids is 2. The second kappa shape index (κ2) is 5.74. The fraction of sp³-hybridized carbons (Fsp3) is 0.750. The zero-order valence-corrected chi connectivity index (χ0v) is 14.6. The zero-order chi connectivity index (χ0) is 18.5. The predicted octanol–water partition coefficient (Wildman–Crippen LogP) is 1.92. The van der Waals surface area contributed by atoms with Crippen molar-refractivity contribution < 1.29 is 22.9 Å². The summed E-state index contributed by atoms with van der Waals surface area (Å²) in [5.41, 5.74) is -1.66. The van der Waals surface area contributed by atoms with E-state index in [-0.39, 0.29) is 24.2 Å². The van der Waals surface area contributed by atoms with E-state index in [9.17, 15) is 18.4 Å². The molecule has 1 aliphatic carbocycles. The van der Waals surface area contributed by atoms with Crippen LogP contribution in [0.25, 0.3) is 0 Å². The second-order valence-corrected chi connectivity index (χ2v) is 7.66. The number of aromatic nitrogens is 2. The number of amides is 2. The van der Waals surface area contributed by atoms with E-state index < -0.39 is 35.7 Å². The fourth-order valence-electron chi connectivity index (χ4n) is 3.52. The topological polar surface area (TPSA) is 88.3 Å². The smallest absolute Gasteiger partial charge is 0.316 e. The number of alkyl halides is 2. The first kappa shape index (κ1) is 17.8. The molecule has 9 heteroatoms. The summed E-state index contributed by atoms with van der Waals surface area (Å²) in [6.07, 6.45) is 2.03. The summed E-state index contributed by atoms with van der Waals surface area (Å²) in [6.45, 7) is 4.16. The Labute approximate surface area is 144 Å². The van der Waals surface area contributed by atoms with Crippen LogP contribution < -0.4 is 5.32 Å². The lowest BCUT2D eigenvalue weighted by atomic mass is 9.70. The van der Waals surface area contributed by atoms with Gasteiger partial charge in [0, 0.05) is 18.4 Å². The highest BCUT2D eigenvalue weighted by Crippen LogP contribution is 2.42. The van der Waals surface area contributed by atoms with Crippen molar-refractivity contribution in [3.05, 3.63) is 11.7 Å². The maximum atomic E-state index is 14.0. The minimum absolute atomic E-state index is 0.0458. The number of hydrogen-bond acceptors (Lipinski definition) is 5. The average molecular weight is 356 g/mol. The quantitative estimate of drug-likeness (QED) is 0.890. The SMILES string of the molecule is Cc1noc(C(=O)N2CC(F)(F)CC2(C)CNC(=O)C2(C)CCC2)n1. The van der Waals surface area contributed by atoms with Crippen molar-refractivity contribution in [1.29, 1.82) is 0 Å². The molecule has 25 heavy (non-hydrogen) atoms. The van der Waals surface area contributed by atoms with Crippen LogP contribution >= 0.6 is 0 Å². The van der Waals surface area contributed by atoms with Crippen molar-refractivity contribution in [2.24, 2.45) is 5.41 Å². The van der Waals surface area contributed by atoms with Gasteiger partial charge in [0.05, 0.1) is 12.1 Å². The monoisotopic (exact) mass is 356 g/mol. The molecule has 1 saturated carbocycles. The number of rotatable bonds is 4. The van der Waals surface area contributed by atoms with E-state index in [1.54, 1.807) is 6.92 Å². The van der Waals surface area contributed by atoms with Crippen molar-refractivity contribution in [2.75, 3.05) is 13.1 Å². The van der Waals surface area contributed by atoms with Crippen molar-refractivity contribution in [3.8, 4) is 0 Å². The number of hydrogen-bond donors (Lipinski definition) is 1. The normalized spacial score (nSPS) is 27.0. The maximum absolute atomic E-state index is 14.0. The molecule has 0 bridgehead atoms. The number of carbonyl (C=O) groups is 2. The number of aryl methyl sites for hydroxylation is 1. The third-order valence-corrected chi connectivity index (χ3v) is 5.27. The molecule has 0 radical (unpaired) electrons. The molecule has 1 N–H and O–H groups in total. The van der Waals surface area contributed by atoms with Gasteiger partial charge in [0.25, 0.3) is 5.92 Å². The first-order valence-corrected chi connectivity index (χ1v) is 8.33. The van der Waals surface area contributed by atoms with Crippen LogP contribution in [0.2, 0.25) is 0 Å². The molecule has 1 atom stereocenters. The van der Waals surface area contributed by atoms with E-state index in [1.807, 2.05) is 6.92 Å². The molecular weight excluding hydrogens is 334 g/mol. The van der Waals surface area contributed by atoms with Crippen LogP contribution in [0.4, 0.5) is 8.78 Å². The third kappa shape index (κ3) is 3.23. The van der Waals surface area contributed by atoms with Gasteiger partial charge >= 0.3 is 11.8 Å². The fourth-order valence-corrected chi connectivity index (χ4v) is 3.52. The number of nitrogens with one attached hydrogen (secondary N) is 1. The van der Waals surface area contributed by atoms with Gasteiger partial charge in [-0.2, -0.15) is 4.98 Å². The van der Waals surface area contributed by atoms with Gasteiger partial charge in [0.1, 0.15) is 0 Å². The van der Waals surface area contributed by atoms with Gasteiger partial charge in [-0.1, -0.05) is 18.5 Å². The number of likely N-dealkylation sites (tertiary alicyclic amines) is 1. The first-order chi connectivity index (χ1) is 11.5. The zero-order valence-electron chi connectivity index (χ0n) is 14.6. The predicted molar refractivity (Wildman–Crippen MR) is 83.0 cm³/mol. The molecule has 0 aromatic carbocycles. The van der Waals surface area contributed by atoms with E-state index in [2.05, 4.69) is 15.5 Å². The Hall–Kier alpha value is -2.06. The lowest BCUT2D eigenvalue weighted by Gasteiger charge is -2.39. The summed E-state index contributed by atoms with van der Waals surface area (Å²) in [6, 6.07) is 0. The Morgan fingerprint density at radius 2 is 2.00 bits per heavy atom. The van der Waals surface area contributed by atoms with Gasteiger partial charge in [-0.15, -0.1) is 0 Å². The van der Waals surface area contributed by atoms with Crippen molar-refractivity contribution >= 4 is 11.8 Å². The summed E-state index contributed by atoms with van der Waals surface area (Å²) in [5.74, 6) is -4.01. The van der Waals surface area contributed by atoms with E-state index in [1.165, 1.54) is 6.92 Å². The van der Waals surface area contributed by atoms with Crippen molar-refractivity contribution in [3.63, 3.8) is 0 Å². The van der Waals surface area contributed by atoms with Gasteiger partial charge in [-0.3, -0.25) is 9.59 Å². The van der Waals surface area contributed by atoms with E-state index >= 15 is 0 Å². The Balaban J connectivity index is 1.76. The van der Waals surface area contributed by atoms with E-state index in [0.29, 0.717) is 0 Å². The van der Waals surface area contributed by atoms with Crippen molar-refractivity contribution in [2.45, 2.75) is 57.9 Å². The Morgan fingerprint density at radius 3 is 2.52 bits per heavy atom. The summed E-state index contributed by atoms with van der Waals surface area (Å²) in [4.78, 5) is 29.7. The van der Waals surface area contributed by atoms with Crippen LogP contribution in [-0.4, -0.2) is 51.4 Å². The summed E-state index contributed by atoms with van der Waals surface area (Å²) in [7, 11) is 0. The lowest BCUT2D eigenvalue weighted by molar-refractivity contribution is -0.135. The molecular formula is C16H22F2N4O3. The van der Waals surface area contributed by atoms with Gasteiger partial charge in [0.15, 0.2) is 5.82 Å². The van der Waals surface area contributed by atoms with Gasteiger partial charge in [-0.05, 0) is 26.7 Å². The van der Waals surface area contributed by atoms with E-state index in [0.717, 1.165) is 24.2 Å². The molecule has 1 aliphatic heterocycles. The molecule has 7 nitrogen and oxygen atoms in total. The largest absolute Gasteiger partial charge is 0.353 e. The van der Waals surface area contributed by atoms with Crippen LogP contribution in [0.15, 0.2) is 4.52 Å². The molecule has 138 valence electrons. The van der Waals surface area contributed by atoms with Crippen LogP contribution in [0.5, 0.6) is 0 Å². The van der Waals surface area contributed by atoms with Gasteiger partial charge < -0.3 is 14.7 Å². The Morgan fingerprint density at radius 1 is 1.32 bits per heavy atom. The molecule has 3 rings (SSSR count). The van der Waals surface area contributed by atoms with Crippen LogP contribution in [-0.2, 0) is 4.79 Å². The molecule has 2 aliphatic rings. The van der Waals surface area contributed by atoms with Crippen LogP contribution in [0, 0.1) is 12.3 Å². The summed E-state index contributed by atoms with van der Waals surface area (Å²) < 4.78 is 32.9. The Bertz CT molecular complexity index is 701. The van der Waals surface area contributed by atoms with Crippen LogP contribution in [0.3, 0.4) is 0 Å². The highest BCUT2D eigenvalue weighted by Gasteiger charge is 2.55. The number of nitrogens with zero attached hydrogens (tertiary/aromatic N) is 3. The first-order valence-electron chi connectivity index (χ1n) is 8.33.